The average molecular weight is 306 g/mol. The molecule has 18 heavy (non-hydrogen) atoms. The molecule has 0 aliphatic heterocycles. The fraction of sp³-hybridized carbons (Fsp3) is 0.0714. The number of rotatable bonds is 3. The second kappa shape index (κ2) is 5.80. The zero-order chi connectivity index (χ0) is 13.0. The number of carbonyl (C=O) groups excluding carboxylic acids is 1. The first-order valence-electron chi connectivity index (χ1n) is 5.47. The van der Waals surface area contributed by atoms with Crippen molar-refractivity contribution in [1.82, 2.24) is 0 Å². The molecule has 0 aromatic heterocycles. The van der Waals surface area contributed by atoms with E-state index in [1.807, 2.05) is 24.3 Å². The van der Waals surface area contributed by atoms with Crippen LogP contribution in [-0.2, 0) is 4.79 Å². The Hall–Kier alpha value is -1.65. The van der Waals surface area contributed by atoms with Gasteiger partial charge in [-0.3, -0.25) is 4.79 Å². The number of aliphatic hydroxyl groups is 1. The topological polar surface area (TPSA) is 49.3 Å². The second-order valence-electron chi connectivity index (χ2n) is 3.78. The van der Waals surface area contributed by atoms with Gasteiger partial charge in [0.25, 0.3) is 5.91 Å². The maximum Gasteiger partial charge on any atom is 0.257 e. The van der Waals surface area contributed by atoms with E-state index in [0.717, 1.165) is 4.47 Å². The molecule has 1 atom stereocenters. The van der Waals surface area contributed by atoms with E-state index in [-0.39, 0.29) is 0 Å². The van der Waals surface area contributed by atoms with Gasteiger partial charge >= 0.3 is 0 Å². The van der Waals surface area contributed by atoms with Gasteiger partial charge in [0.05, 0.1) is 5.69 Å². The lowest BCUT2D eigenvalue weighted by atomic mass is 10.1. The number of hydrogen-bond acceptors (Lipinski definition) is 2. The lowest BCUT2D eigenvalue weighted by molar-refractivity contribution is -0.124. The number of halogens is 1. The van der Waals surface area contributed by atoms with Gasteiger partial charge in [0.1, 0.15) is 0 Å². The Morgan fingerprint density at radius 3 is 2.33 bits per heavy atom. The van der Waals surface area contributed by atoms with Gasteiger partial charge in [0, 0.05) is 4.47 Å². The van der Waals surface area contributed by atoms with Crippen molar-refractivity contribution in [3.05, 3.63) is 64.6 Å². The van der Waals surface area contributed by atoms with Crippen molar-refractivity contribution in [2.45, 2.75) is 6.10 Å². The predicted molar refractivity (Wildman–Crippen MR) is 74.2 cm³/mol. The van der Waals surface area contributed by atoms with Crippen LogP contribution in [0.5, 0.6) is 0 Å². The van der Waals surface area contributed by atoms with Gasteiger partial charge in [-0.05, 0) is 33.6 Å². The number of aliphatic hydroxyl groups excluding tert-OH is 1. The highest BCUT2D eigenvalue weighted by Gasteiger charge is 2.17. The number of benzene rings is 2. The molecule has 0 aliphatic carbocycles. The molecule has 4 heteroatoms. The van der Waals surface area contributed by atoms with Gasteiger partial charge in [0.15, 0.2) is 6.10 Å². The second-order valence-corrected chi connectivity index (χ2v) is 4.64. The number of para-hydroxylation sites is 1. The fourth-order valence-electron chi connectivity index (χ4n) is 1.55. The van der Waals surface area contributed by atoms with Gasteiger partial charge < -0.3 is 10.4 Å². The lowest BCUT2D eigenvalue weighted by Gasteiger charge is -2.12. The zero-order valence-corrected chi connectivity index (χ0v) is 11.1. The lowest BCUT2D eigenvalue weighted by Crippen LogP contribution is -2.20. The molecule has 1 amide bonds. The normalized spacial score (nSPS) is 11.9. The largest absolute Gasteiger partial charge is 0.378 e. The molecule has 0 saturated heterocycles. The summed E-state index contributed by atoms with van der Waals surface area (Å²) in [4.78, 5) is 11.9. The minimum atomic E-state index is -1.17. The van der Waals surface area contributed by atoms with Gasteiger partial charge in [-0.15, -0.1) is 0 Å². The van der Waals surface area contributed by atoms with E-state index in [4.69, 9.17) is 0 Å². The first-order valence-corrected chi connectivity index (χ1v) is 6.26. The smallest absolute Gasteiger partial charge is 0.257 e. The van der Waals surface area contributed by atoms with Gasteiger partial charge in [-0.2, -0.15) is 0 Å². The van der Waals surface area contributed by atoms with Crippen molar-refractivity contribution in [1.29, 1.82) is 0 Å². The minimum absolute atomic E-state index is 0.451. The minimum Gasteiger partial charge on any atom is -0.378 e. The summed E-state index contributed by atoms with van der Waals surface area (Å²) in [7, 11) is 0. The molecule has 92 valence electrons. The van der Waals surface area contributed by atoms with E-state index in [9.17, 15) is 9.90 Å². The summed E-state index contributed by atoms with van der Waals surface area (Å²) in [5.74, 6) is -0.451. The Kier molecular flexibility index (Phi) is 4.12. The van der Waals surface area contributed by atoms with E-state index in [1.54, 1.807) is 30.3 Å². The van der Waals surface area contributed by atoms with Gasteiger partial charge in [0.2, 0.25) is 0 Å². The van der Waals surface area contributed by atoms with Crippen LogP contribution in [0, 0.1) is 0 Å². The molecule has 0 radical (unpaired) electrons. The number of carbonyl (C=O) groups is 1. The van der Waals surface area contributed by atoms with E-state index < -0.39 is 12.0 Å². The Morgan fingerprint density at radius 1 is 1.06 bits per heavy atom. The first-order chi connectivity index (χ1) is 8.68. The summed E-state index contributed by atoms with van der Waals surface area (Å²) < 4.78 is 0.776. The standard InChI is InChI=1S/C14H12BrNO2/c15-11-8-4-5-9-12(11)16-14(18)13(17)10-6-2-1-3-7-10/h1-9,13,17H,(H,16,18). The van der Waals surface area contributed by atoms with Crippen LogP contribution in [0.25, 0.3) is 0 Å². The number of hydrogen-bond donors (Lipinski definition) is 2. The van der Waals surface area contributed by atoms with Crippen molar-refractivity contribution in [2.24, 2.45) is 0 Å². The van der Waals surface area contributed by atoms with Crippen LogP contribution in [0.4, 0.5) is 5.69 Å². The highest BCUT2D eigenvalue weighted by Crippen LogP contribution is 2.23. The summed E-state index contributed by atoms with van der Waals surface area (Å²) in [5, 5.41) is 12.6. The van der Waals surface area contributed by atoms with Crippen LogP contribution < -0.4 is 5.32 Å². The summed E-state index contributed by atoms with van der Waals surface area (Å²) in [6.45, 7) is 0. The Bertz CT molecular complexity index is 543. The Labute approximate surface area is 114 Å². The molecule has 3 nitrogen and oxygen atoms in total. The Balaban J connectivity index is 2.12. The SMILES string of the molecule is O=C(Nc1ccccc1Br)C(O)c1ccccc1. The van der Waals surface area contributed by atoms with Crippen molar-refractivity contribution in [2.75, 3.05) is 5.32 Å². The summed E-state index contributed by atoms with van der Waals surface area (Å²) in [6.07, 6.45) is -1.17. The van der Waals surface area contributed by atoms with E-state index in [1.165, 1.54) is 0 Å². The third kappa shape index (κ3) is 2.97. The molecule has 2 aromatic carbocycles. The third-order valence-corrected chi connectivity index (χ3v) is 3.19. The van der Waals surface area contributed by atoms with Gasteiger partial charge in [-0.25, -0.2) is 0 Å². The van der Waals surface area contributed by atoms with Crippen molar-refractivity contribution >= 4 is 27.5 Å². The maximum atomic E-state index is 11.9. The predicted octanol–water partition coefficient (Wildman–Crippen LogP) is 3.12. The Morgan fingerprint density at radius 2 is 1.67 bits per heavy atom. The molecule has 2 rings (SSSR count). The van der Waals surface area contributed by atoms with Crippen LogP contribution in [0.15, 0.2) is 59.1 Å². The summed E-state index contributed by atoms with van der Waals surface area (Å²) in [5.41, 5.74) is 1.21. The fourth-order valence-corrected chi connectivity index (χ4v) is 1.93. The van der Waals surface area contributed by atoms with Crippen LogP contribution in [0.2, 0.25) is 0 Å². The van der Waals surface area contributed by atoms with E-state index in [2.05, 4.69) is 21.2 Å². The molecular weight excluding hydrogens is 294 g/mol. The van der Waals surface area contributed by atoms with Crippen molar-refractivity contribution in [3.8, 4) is 0 Å². The first kappa shape index (κ1) is 12.8. The molecule has 0 spiro atoms. The molecule has 0 fully saturated rings. The molecule has 0 bridgehead atoms. The van der Waals surface area contributed by atoms with Crippen LogP contribution in [0.1, 0.15) is 11.7 Å². The number of nitrogens with one attached hydrogen (secondary N) is 1. The molecule has 1 unspecified atom stereocenters. The third-order valence-electron chi connectivity index (χ3n) is 2.50. The highest BCUT2D eigenvalue weighted by atomic mass is 79.9. The van der Waals surface area contributed by atoms with Crippen LogP contribution in [0.3, 0.4) is 0 Å². The van der Waals surface area contributed by atoms with E-state index in [0.29, 0.717) is 11.3 Å². The maximum absolute atomic E-state index is 11.9. The number of anilines is 1. The molecule has 0 heterocycles. The van der Waals surface area contributed by atoms with Crippen molar-refractivity contribution < 1.29 is 9.90 Å². The molecule has 0 saturated carbocycles. The van der Waals surface area contributed by atoms with Gasteiger partial charge in [-0.1, -0.05) is 42.5 Å². The average Bonchev–Trinajstić information content (AvgIpc) is 2.41. The zero-order valence-electron chi connectivity index (χ0n) is 9.51. The quantitative estimate of drug-likeness (QED) is 0.915. The van der Waals surface area contributed by atoms with E-state index >= 15 is 0 Å². The van der Waals surface area contributed by atoms with Crippen LogP contribution in [-0.4, -0.2) is 11.0 Å². The number of amides is 1. The summed E-state index contributed by atoms with van der Waals surface area (Å²) in [6, 6.07) is 16.1. The molecular formula is C14H12BrNO2. The highest BCUT2D eigenvalue weighted by molar-refractivity contribution is 9.10. The monoisotopic (exact) mass is 305 g/mol. The van der Waals surface area contributed by atoms with Crippen LogP contribution >= 0.6 is 15.9 Å². The van der Waals surface area contributed by atoms with Crippen molar-refractivity contribution in [3.63, 3.8) is 0 Å². The molecule has 0 aliphatic rings. The summed E-state index contributed by atoms with van der Waals surface area (Å²) >= 11 is 3.33. The molecule has 2 aromatic rings. The molecule has 2 N–H and O–H groups in total.